The van der Waals surface area contributed by atoms with Crippen LogP contribution in [0.1, 0.15) is 42.4 Å². The standard InChI is InChI=1S/C21H20N2S/c1-24-16-9-10-18-17(12-16)21(22-15-5-3-2-4-6-15)19-13-7-8-14(11-13)20(19)23-18/h2-6,9-10,12-14H,7-8,11H2,1H3,(H,22,23). The highest BCUT2D eigenvalue weighted by Gasteiger charge is 2.40. The summed E-state index contributed by atoms with van der Waals surface area (Å²) in [6.07, 6.45) is 6.05. The Morgan fingerprint density at radius 3 is 2.71 bits per heavy atom. The summed E-state index contributed by atoms with van der Waals surface area (Å²) in [4.78, 5) is 6.36. The van der Waals surface area contributed by atoms with Gasteiger partial charge in [-0.05, 0) is 61.8 Å². The number of nitrogens with zero attached hydrogens (tertiary/aromatic N) is 1. The number of hydrogen-bond acceptors (Lipinski definition) is 3. The Hall–Kier alpha value is -2.00. The smallest absolute Gasteiger partial charge is 0.0727 e. The predicted octanol–water partition coefficient (Wildman–Crippen LogP) is 6.07. The third-order valence-electron chi connectivity index (χ3n) is 5.53. The molecule has 2 bridgehead atoms. The molecule has 5 rings (SSSR count). The van der Waals surface area contributed by atoms with Gasteiger partial charge in [-0.25, -0.2) is 0 Å². The summed E-state index contributed by atoms with van der Waals surface area (Å²) in [7, 11) is 0. The normalized spacial score (nSPS) is 21.2. The van der Waals surface area contributed by atoms with E-state index in [1.165, 1.54) is 46.5 Å². The van der Waals surface area contributed by atoms with E-state index in [1.807, 2.05) is 0 Å². The number of pyridine rings is 1. The number of rotatable bonds is 3. The number of nitrogens with one attached hydrogen (secondary N) is 1. The molecule has 1 heterocycles. The van der Waals surface area contributed by atoms with Crippen LogP contribution in [0.15, 0.2) is 53.4 Å². The van der Waals surface area contributed by atoms with Gasteiger partial charge in [0.1, 0.15) is 0 Å². The minimum atomic E-state index is 0.672. The molecule has 2 nitrogen and oxygen atoms in total. The molecule has 2 unspecified atom stereocenters. The van der Waals surface area contributed by atoms with Crippen molar-refractivity contribution in [1.82, 2.24) is 4.98 Å². The lowest BCUT2D eigenvalue weighted by Crippen LogP contribution is -2.06. The maximum absolute atomic E-state index is 5.07. The second kappa shape index (κ2) is 5.52. The molecule has 0 amide bonds. The number of fused-ring (bicyclic) bond motifs is 6. The van der Waals surface area contributed by atoms with Crippen LogP contribution in [0.5, 0.6) is 0 Å². The van der Waals surface area contributed by atoms with Gasteiger partial charge in [0.25, 0.3) is 0 Å². The SMILES string of the molecule is CSc1ccc2nc3c(c(Nc4ccccc4)c2c1)C1CCC3C1. The maximum Gasteiger partial charge on any atom is 0.0727 e. The van der Waals surface area contributed by atoms with Crippen LogP contribution < -0.4 is 5.32 Å². The van der Waals surface area contributed by atoms with Crippen LogP contribution in [0.3, 0.4) is 0 Å². The Morgan fingerprint density at radius 1 is 1.04 bits per heavy atom. The summed E-state index contributed by atoms with van der Waals surface area (Å²) in [6.45, 7) is 0. The van der Waals surface area contributed by atoms with Crippen LogP contribution in [0.25, 0.3) is 10.9 Å². The second-order valence-corrected chi connectivity index (χ2v) is 7.75. The first kappa shape index (κ1) is 14.4. The Bertz CT molecular complexity index is 920. The van der Waals surface area contributed by atoms with E-state index in [-0.39, 0.29) is 0 Å². The van der Waals surface area contributed by atoms with E-state index in [9.17, 15) is 0 Å². The second-order valence-electron chi connectivity index (χ2n) is 6.87. The molecule has 0 spiro atoms. The van der Waals surface area contributed by atoms with Crippen molar-refractivity contribution in [3.63, 3.8) is 0 Å². The fourth-order valence-corrected chi connectivity index (χ4v) is 4.86. The molecule has 2 aliphatic carbocycles. The van der Waals surface area contributed by atoms with Crippen molar-refractivity contribution >= 4 is 34.0 Å². The van der Waals surface area contributed by atoms with Gasteiger partial charge in [-0.15, -0.1) is 11.8 Å². The molecule has 24 heavy (non-hydrogen) atoms. The maximum atomic E-state index is 5.07. The van der Waals surface area contributed by atoms with Crippen molar-refractivity contribution in [2.45, 2.75) is 36.0 Å². The molecule has 0 radical (unpaired) electrons. The molecule has 120 valence electrons. The van der Waals surface area contributed by atoms with Crippen molar-refractivity contribution in [2.24, 2.45) is 0 Å². The summed E-state index contributed by atoms with van der Waals surface area (Å²) < 4.78 is 0. The Labute approximate surface area is 146 Å². The lowest BCUT2D eigenvalue weighted by molar-refractivity contribution is 0.702. The first-order valence-electron chi connectivity index (χ1n) is 8.67. The summed E-state index contributed by atoms with van der Waals surface area (Å²) in [6, 6.07) is 17.2. The number of aromatic nitrogens is 1. The molecule has 1 fully saturated rings. The third kappa shape index (κ3) is 2.15. The van der Waals surface area contributed by atoms with Crippen LogP contribution in [-0.4, -0.2) is 11.2 Å². The fraction of sp³-hybridized carbons (Fsp3) is 0.286. The van der Waals surface area contributed by atoms with E-state index in [1.54, 1.807) is 11.8 Å². The molecular formula is C21H20N2S. The molecule has 3 heteroatoms. The number of thioether (sulfide) groups is 1. The van der Waals surface area contributed by atoms with E-state index >= 15 is 0 Å². The largest absolute Gasteiger partial charge is 0.355 e. The summed E-state index contributed by atoms with van der Waals surface area (Å²) >= 11 is 1.79. The van der Waals surface area contributed by atoms with E-state index in [2.05, 4.69) is 60.1 Å². The van der Waals surface area contributed by atoms with Gasteiger partial charge in [0.2, 0.25) is 0 Å². The van der Waals surface area contributed by atoms with Crippen molar-refractivity contribution in [3.05, 3.63) is 59.8 Å². The van der Waals surface area contributed by atoms with Crippen LogP contribution in [0, 0.1) is 0 Å². The molecule has 0 aliphatic heterocycles. The highest BCUT2D eigenvalue weighted by Crippen LogP contribution is 2.56. The topological polar surface area (TPSA) is 24.9 Å². The Balaban J connectivity index is 1.76. The quantitative estimate of drug-likeness (QED) is 0.590. The van der Waals surface area contributed by atoms with E-state index in [0.29, 0.717) is 11.8 Å². The minimum Gasteiger partial charge on any atom is -0.355 e. The fourth-order valence-electron chi connectivity index (χ4n) is 4.42. The van der Waals surface area contributed by atoms with Crippen molar-refractivity contribution in [1.29, 1.82) is 0 Å². The van der Waals surface area contributed by atoms with Gasteiger partial charge >= 0.3 is 0 Å². The Kier molecular flexibility index (Phi) is 3.30. The molecule has 1 aromatic heterocycles. The number of para-hydroxylation sites is 1. The van der Waals surface area contributed by atoms with Gasteiger partial charge in [-0.2, -0.15) is 0 Å². The van der Waals surface area contributed by atoms with Crippen LogP contribution >= 0.6 is 11.8 Å². The van der Waals surface area contributed by atoms with Gasteiger partial charge in [0, 0.05) is 33.1 Å². The molecule has 2 aromatic carbocycles. The summed E-state index contributed by atoms with van der Waals surface area (Å²) in [5.41, 5.74) is 6.42. The van der Waals surface area contributed by atoms with E-state index in [4.69, 9.17) is 4.98 Å². The van der Waals surface area contributed by atoms with Gasteiger partial charge in [0.05, 0.1) is 11.2 Å². The highest BCUT2D eigenvalue weighted by molar-refractivity contribution is 7.98. The lowest BCUT2D eigenvalue weighted by atomic mass is 9.92. The first-order chi connectivity index (χ1) is 11.8. The van der Waals surface area contributed by atoms with Crippen molar-refractivity contribution in [3.8, 4) is 0 Å². The Morgan fingerprint density at radius 2 is 1.88 bits per heavy atom. The zero-order valence-corrected chi connectivity index (χ0v) is 14.6. The third-order valence-corrected chi connectivity index (χ3v) is 6.26. The predicted molar refractivity (Wildman–Crippen MR) is 103 cm³/mol. The van der Waals surface area contributed by atoms with Gasteiger partial charge in [-0.3, -0.25) is 4.98 Å². The number of hydrogen-bond donors (Lipinski definition) is 1. The summed E-state index contributed by atoms with van der Waals surface area (Å²) in [5.74, 6) is 1.36. The monoisotopic (exact) mass is 332 g/mol. The molecule has 2 atom stereocenters. The van der Waals surface area contributed by atoms with E-state index < -0.39 is 0 Å². The molecular weight excluding hydrogens is 312 g/mol. The van der Waals surface area contributed by atoms with Crippen molar-refractivity contribution < 1.29 is 0 Å². The lowest BCUT2D eigenvalue weighted by Gasteiger charge is -2.22. The van der Waals surface area contributed by atoms with Crippen LogP contribution in [0.2, 0.25) is 0 Å². The molecule has 1 saturated carbocycles. The average molecular weight is 332 g/mol. The zero-order valence-electron chi connectivity index (χ0n) is 13.8. The highest BCUT2D eigenvalue weighted by atomic mass is 32.2. The molecule has 1 N–H and O–H groups in total. The van der Waals surface area contributed by atoms with E-state index in [0.717, 1.165) is 11.2 Å². The van der Waals surface area contributed by atoms with Gasteiger partial charge in [-0.1, -0.05) is 18.2 Å². The number of anilines is 2. The summed E-state index contributed by atoms with van der Waals surface area (Å²) in [5, 5.41) is 5.00. The van der Waals surface area contributed by atoms with Crippen LogP contribution in [0.4, 0.5) is 11.4 Å². The van der Waals surface area contributed by atoms with Gasteiger partial charge < -0.3 is 5.32 Å². The molecule has 2 aliphatic rings. The van der Waals surface area contributed by atoms with Crippen molar-refractivity contribution in [2.75, 3.05) is 11.6 Å². The molecule has 0 saturated heterocycles. The number of benzene rings is 2. The van der Waals surface area contributed by atoms with Crippen LogP contribution in [-0.2, 0) is 0 Å². The first-order valence-corrected chi connectivity index (χ1v) is 9.89. The minimum absolute atomic E-state index is 0.672. The van der Waals surface area contributed by atoms with Gasteiger partial charge in [0.15, 0.2) is 0 Å². The average Bonchev–Trinajstić information content (AvgIpc) is 3.24. The molecule has 3 aromatic rings. The zero-order chi connectivity index (χ0) is 16.1.